The second-order valence-corrected chi connectivity index (χ2v) is 5.95. The van der Waals surface area contributed by atoms with Crippen molar-refractivity contribution in [2.45, 2.75) is 31.7 Å². The molecule has 0 aliphatic carbocycles. The number of carboxylic acids is 1. The van der Waals surface area contributed by atoms with Crippen LogP contribution in [0.1, 0.15) is 17.5 Å². The van der Waals surface area contributed by atoms with Crippen LogP contribution in [-0.2, 0) is 4.79 Å². The molecule has 0 bridgehead atoms. The Morgan fingerprint density at radius 1 is 1.53 bits per heavy atom. The van der Waals surface area contributed by atoms with Crippen molar-refractivity contribution in [1.29, 1.82) is 0 Å². The van der Waals surface area contributed by atoms with Crippen molar-refractivity contribution in [1.82, 2.24) is 5.32 Å². The number of benzene rings is 1. The van der Waals surface area contributed by atoms with Gasteiger partial charge in [-0.15, -0.1) is 11.8 Å². The first-order valence-corrected chi connectivity index (χ1v) is 7.42. The third kappa shape index (κ3) is 3.64. The van der Waals surface area contributed by atoms with Gasteiger partial charge in [0.25, 0.3) is 0 Å². The van der Waals surface area contributed by atoms with Gasteiger partial charge in [0.15, 0.2) is 0 Å². The molecule has 1 aromatic rings. The predicted octanol–water partition coefficient (Wildman–Crippen LogP) is 2.19. The fourth-order valence-corrected chi connectivity index (χ4v) is 3.19. The van der Waals surface area contributed by atoms with E-state index in [1.165, 1.54) is 5.56 Å². The molecule has 1 aliphatic heterocycles. The lowest BCUT2D eigenvalue weighted by molar-refractivity contribution is -0.138. The van der Waals surface area contributed by atoms with E-state index in [9.17, 15) is 4.79 Å². The zero-order valence-corrected chi connectivity index (χ0v) is 12.0. The highest BCUT2D eigenvalue weighted by Gasteiger charge is 2.28. The average molecular weight is 281 g/mol. The Bertz CT molecular complexity index is 464. The number of aryl methyl sites for hydroxylation is 1. The molecule has 0 radical (unpaired) electrons. The van der Waals surface area contributed by atoms with Gasteiger partial charge < -0.3 is 9.84 Å². The first-order chi connectivity index (χ1) is 9.08. The van der Waals surface area contributed by atoms with Crippen molar-refractivity contribution in [3.8, 4) is 5.75 Å². The van der Waals surface area contributed by atoms with E-state index in [2.05, 4.69) is 18.3 Å². The van der Waals surface area contributed by atoms with Crippen molar-refractivity contribution >= 4 is 17.7 Å². The van der Waals surface area contributed by atoms with E-state index in [4.69, 9.17) is 9.84 Å². The zero-order chi connectivity index (χ0) is 13.8. The third-order valence-corrected chi connectivity index (χ3v) is 4.64. The van der Waals surface area contributed by atoms with Crippen LogP contribution in [-0.4, -0.2) is 34.9 Å². The number of carbonyl (C=O) groups is 1. The van der Waals surface area contributed by atoms with E-state index in [-0.39, 0.29) is 5.37 Å². The number of nitrogens with one attached hydrogen (secondary N) is 1. The Hall–Kier alpha value is -1.20. The molecule has 1 heterocycles. The lowest BCUT2D eigenvalue weighted by Gasteiger charge is -2.14. The maximum absolute atomic E-state index is 10.8. The van der Waals surface area contributed by atoms with Gasteiger partial charge in [-0.05, 0) is 31.0 Å². The summed E-state index contributed by atoms with van der Waals surface area (Å²) in [5.74, 6) is 0.770. The smallest absolute Gasteiger partial charge is 0.321 e. The summed E-state index contributed by atoms with van der Waals surface area (Å²) in [5.41, 5.74) is 2.38. The maximum Gasteiger partial charge on any atom is 0.321 e. The van der Waals surface area contributed by atoms with Gasteiger partial charge in [-0.1, -0.05) is 12.1 Å². The van der Waals surface area contributed by atoms with E-state index in [1.54, 1.807) is 11.8 Å². The Labute approximate surface area is 117 Å². The molecule has 0 saturated carbocycles. The second-order valence-electron chi connectivity index (χ2n) is 4.71. The minimum Gasteiger partial charge on any atom is -0.493 e. The Balaban J connectivity index is 1.78. The molecule has 5 heteroatoms. The highest BCUT2D eigenvalue weighted by atomic mass is 32.2. The summed E-state index contributed by atoms with van der Waals surface area (Å²) in [6.07, 6.45) is 0.807. The lowest BCUT2D eigenvalue weighted by atomic mass is 10.1. The Morgan fingerprint density at radius 2 is 2.32 bits per heavy atom. The minimum absolute atomic E-state index is 0.172. The summed E-state index contributed by atoms with van der Waals surface area (Å²) in [6.45, 7) is 4.71. The summed E-state index contributed by atoms with van der Waals surface area (Å²) >= 11 is 1.65. The van der Waals surface area contributed by atoms with Gasteiger partial charge in [-0.25, -0.2) is 0 Å². The van der Waals surface area contributed by atoms with E-state index >= 15 is 0 Å². The molecule has 2 N–H and O–H groups in total. The molecule has 19 heavy (non-hydrogen) atoms. The fraction of sp³-hybridized carbons (Fsp3) is 0.500. The van der Waals surface area contributed by atoms with E-state index in [1.807, 2.05) is 19.1 Å². The Morgan fingerprint density at radius 3 is 3.00 bits per heavy atom. The molecule has 1 saturated heterocycles. The average Bonchev–Trinajstić information content (AvgIpc) is 2.83. The van der Waals surface area contributed by atoms with E-state index in [0.717, 1.165) is 17.7 Å². The van der Waals surface area contributed by atoms with Crippen LogP contribution in [0, 0.1) is 13.8 Å². The van der Waals surface area contributed by atoms with Crippen LogP contribution in [0.5, 0.6) is 5.75 Å². The summed E-state index contributed by atoms with van der Waals surface area (Å²) in [5, 5.41) is 12.2. The van der Waals surface area contributed by atoms with Crippen LogP contribution in [0.15, 0.2) is 18.2 Å². The van der Waals surface area contributed by atoms with Gasteiger partial charge in [0, 0.05) is 12.2 Å². The molecule has 1 aromatic carbocycles. The molecule has 0 amide bonds. The second kappa shape index (κ2) is 6.30. The zero-order valence-electron chi connectivity index (χ0n) is 11.2. The quantitative estimate of drug-likeness (QED) is 0.866. The van der Waals surface area contributed by atoms with Crippen LogP contribution in [0.3, 0.4) is 0 Å². The summed E-state index contributed by atoms with van der Waals surface area (Å²) in [4.78, 5) is 10.8. The van der Waals surface area contributed by atoms with Gasteiger partial charge >= 0.3 is 5.97 Å². The van der Waals surface area contributed by atoms with Crippen LogP contribution in [0.25, 0.3) is 0 Å². The lowest BCUT2D eigenvalue weighted by Crippen LogP contribution is -2.37. The monoisotopic (exact) mass is 281 g/mol. The van der Waals surface area contributed by atoms with Crippen molar-refractivity contribution in [2.75, 3.05) is 12.4 Å². The molecule has 0 aromatic heterocycles. The molecule has 104 valence electrons. The number of thioether (sulfide) groups is 1. The summed E-state index contributed by atoms with van der Waals surface area (Å²) in [6, 6.07) is 5.60. The molecule has 2 unspecified atom stereocenters. The van der Waals surface area contributed by atoms with Crippen LogP contribution in [0.4, 0.5) is 0 Å². The maximum atomic E-state index is 10.8. The van der Waals surface area contributed by atoms with Crippen molar-refractivity contribution in [3.05, 3.63) is 29.3 Å². The van der Waals surface area contributed by atoms with Gasteiger partial charge in [0.05, 0.1) is 12.0 Å². The molecular weight excluding hydrogens is 262 g/mol. The highest BCUT2D eigenvalue weighted by molar-refractivity contribution is 8.00. The first-order valence-electron chi connectivity index (χ1n) is 6.37. The minimum atomic E-state index is -0.773. The number of rotatable bonds is 5. The summed E-state index contributed by atoms with van der Waals surface area (Å²) in [7, 11) is 0. The highest BCUT2D eigenvalue weighted by Crippen LogP contribution is 2.24. The fourth-order valence-electron chi connectivity index (χ4n) is 2.00. The van der Waals surface area contributed by atoms with Crippen molar-refractivity contribution in [2.24, 2.45) is 0 Å². The van der Waals surface area contributed by atoms with Gasteiger partial charge in [0.2, 0.25) is 0 Å². The molecule has 1 aliphatic rings. The molecule has 0 spiro atoms. The molecule has 4 nitrogen and oxygen atoms in total. The number of hydrogen-bond donors (Lipinski definition) is 2. The number of carboxylic acid groups (broad SMARTS) is 1. The van der Waals surface area contributed by atoms with E-state index in [0.29, 0.717) is 12.4 Å². The predicted molar refractivity (Wildman–Crippen MR) is 76.8 cm³/mol. The first kappa shape index (κ1) is 14.2. The SMILES string of the molecule is Cc1cccc(OCCC2NC(C(=O)O)CS2)c1C. The van der Waals surface area contributed by atoms with Gasteiger partial charge in [-0.3, -0.25) is 10.1 Å². The molecular formula is C14H19NO3S. The van der Waals surface area contributed by atoms with Gasteiger partial charge in [0.1, 0.15) is 11.8 Å². The summed E-state index contributed by atoms with van der Waals surface area (Å²) < 4.78 is 5.77. The molecule has 2 rings (SSSR count). The Kier molecular flexibility index (Phi) is 4.71. The van der Waals surface area contributed by atoms with Crippen LogP contribution < -0.4 is 10.1 Å². The van der Waals surface area contributed by atoms with Gasteiger partial charge in [-0.2, -0.15) is 0 Å². The molecule has 2 atom stereocenters. The topological polar surface area (TPSA) is 58.6 Å². The van der Waals surface area contributed by atoms with Crippen molar-refractivity contribution in [3.63, 3.8) is 0 Å². The largest absolute Gasteiger partial charge is 0.493 e. The third-order valence-electron chi connectivity index (χ3n) is 3.34. The van der Waals surface area contributed by atoms with E-state index < -0.39 is 12.0 Å². The van der Waals surface area contributed by atoms with Crippen LogP contribution in [0.2, 0.25) is 0 Å². The normalized spacial score (nSPS) is 22.4. The van der Waals surface area contributed by atoms with Crippen molar-refractivity contribution < 1.29 is 14.6 Å². The number of hydrogen-bond acceptors (Lipinski definition) is 4. The number of aliphatic carboxylic acids is 1. The van der Waals surface area contributed by atoms with Crippen LogP contribution >= 0.6 is 11.8 Å². The standard InChI is InChI=1S/C14H19NO3S/c1-9-4-3-5-12(10(9)2)18-7-6-13-15-11(8-19-13)14(16)17/h3-5,11,13,15H,6-8H2,1-2H3,(H,16,17). The molecule has 1 fully saturated rings. The number of ether oxygens (including phenoxy) is 1.